The van der Waals surface area contributed by atoms with Crippen molar-refractivity contribution in [2.45, 2.75) is 13.5 Å². The highest BCUT2D eigenvalue weighted by atomic mass is 16.5. The fourth-order valence-corrected chi connectivity index (χ4v) is 2.14. The smallest absolute Gasteiger partial charge is 0.345 e. The average molecular weight is 288 g/mol. The summed E-state index contributed by atoms with van der Waals surface area (Å²) in [6.45, 7) is 2.54. The van der Waals surface area contributed by atoms with Crippen molar-refractivity contribution in [3.8, 4) is 0 Å². The zero-order chi connectivity index (χ0) is 15.6. The van der Waals surface area contributed by atoms with E-state index in [0.29, 0.717) is 23.7 Å². The lowest BCUT2D eigenvalue weighted by molar-refractivity contribution is 0.0602. The van der Waals surface area contributed by atoms with Crippen LogP contribution in [0.1, 0.15) is 21.5 Å². The minimum atomic E-state index is -0.479. The maximum Gasteiger partial charge on any atom is 0.345 e. The Hall–Kier alpha value is -2.50. The number of ether oxygens (including phenoxy) is 1. The zero-order valence-electron chi connectivity index (χ0n) is 12.8. The van der Waals surface area contributed by atoms with Gasteiger partial charge in [-0.2, -0.15) is 5.10 Å². The summed E-state index contributed by atoms with van der Waals surface area (Å²) in [5, 5.41) is 4.43. The molecule has 0 aliphatic rings. The van der Waals surface area contributed by atoms with E-state index in [2.05, 4.69) is 5.10 Å². The Morgan fingerprint density at radius 2 is 2.05 bits per heavy atom. The number of carbonyl (C=O) groups is 1. The first-order valence-electron chi connectivity index (χ1n) is 6.62. The van der Waals surface area contributed by atoms with Crippen LogP contribution in [-0.4, -0.2) is 37.0 Å². The van der Waals surface area contributed by atoms with Crippen molar-refractivity contribution in [3.05, 3.63) is 41.0 Å². The third kappa shape index (κ3) is 2.84. The molecule has 0 atom stereocenters. The van der Waals surface area contributed by atoms with E-state index in [1.54, 1.807) is 9.58 Å². The van der Waals surface area contributed by atoms with E-state index in [-0.39, 0.29) is 0 Å². The molecule has 0 aliphatic carbocycles. The number of nitrogens with two attached hydrogens (primary N) is 1. The van der Waals surface area contributed by atoms with Gasteiger partial charge in [0.25, 0.3) is 0 Å². The van der Waals surface area contributed by atoms with Gasteiger partial charge in [0.1, 0.15) is 11.4 Å². The summed E-state index contributed by atoms with van der Waals surface area (Å²) < 4.78 is 6.43. The molecule has 0 saturated carbocycles. The summed E-state index contributed by atoms with van der Waals surface area (Å²) in [6, 6.07) is 8.00. The Balaban J connectivity index is 2.46. The van der Waals surface area contributed by atoms with Crippen LogP contribution >= 0.6 is 0 Å². The SMILES string of the molecule is COC(=O)c1c(N(C)C)nn(Cc2ccccc2C)c1N. The van der Waals surface area contributed by atoms with Gasteiger partial charge in [-0.05, 0) is 18.1 Å². The van der Waals surface area contributed by atoms with Crippen LogP contribution in [-0.2, 0) is 11.3 Å². The quantitative estimate of drug-likeness (QED) is 0.866. The van der Waals surface area contributed by atoms with Gasteiger partial charge in [0.05, 0.1) is 13.7 Å². The number of esters is 1. The van der Waals surface area contributed by atoms with Crippen LogP contribution in [0.5, 0.6) is 0 Å². The maximum atomic E-state index is 11.9. The number of carbonyl (C=O) groups excluding carboxylic acids is 1. The standard InChI is InChI=1S/C15H20N4O2/c1-10-7-5-6-8-11(10)9-19-13(16)12(15(20)21-4)14(17-19)18(2)3/h5-8H,9,16H2,1-4H3. The summed E-state index contributed by atoms with van der Waals surface area (Å²) in [7, 11) is 4.96. The van der Waals surface area contributed by atoms with Crippen molar-refractivity contribution in [1.82, 2.24) is 9.78 Å². The van der Waals surface area contributed by atoms with E-state index >= 15 is 0 Å². The third-order valence-corrected chi connectivity index (χ3v) is 3.37. The lowest BCUT2D eigenvalue weighted by Gasteiger charge is -2.09. The number of nitrogens with zero attached hydrogens (tertiary/aromatic N) is 3. The molecular weight excluding hydrogens is 268 g/mol. The predicted molar refractivity (Wildman–Crippen MR) is 82.6 cm³/mol. The van der Waals surface area contributed by atoms with Gasteiger partial charge in [-0.1, -0.05) is 24.3 Å². The Morgan fingerprint density at radius 1 is 1.38 bits per heavy atom. The van der Waals surface area contributed by atoms with Crippen LogP contribution < -0.4 is 10.6 Å². The molecule has 0 bridgehead atoms. The molecular formula is C15H20N4O2. The lowest BCUT2D eigenvalue weighted by atomic mass is 10.1. The molecule has 6 nitrogen and oxygen atoms in total. The van der Waals surface area contributed by atoms with Gasteiger partial charge in [-0.3, -0.25) is 0 Å². The number of rotatable bonds is 4. The van der Waals surface area contributed by atoms with E-state index in [9.17, 15) is 4.79 Å². The lowest BCUT2D eigenvalue weighted by Crippen LogP contribution is -2.14. The molecule has 1 heterocycles. The van der Waals surface area contributed by atoms with Gasteiger partial charge in [-0.15, -0.1) is 0 Å². The minimum absolute atomic E-state index is 0.302. The van der Waals surface area contributed by atoms with Crippen molar-refractivity contribution in [2.75, 3.05) is 31.8 Å². The summed E-state index contributed by atoms with van der Waals surface area (Å²) >= 11 is 0. The maximum absolute atomic E-state index is 11.9. The molecule has 0 aliphatic heterocycles. The largest absolute Gasteiger partial charge is 0.465 e. The van der Waals surface area contributed by atoms with Gasteiger partial charge in [0, 0.05) is 14.1 Å². The van der Waals surface area contributed by atoms with Gasteiger partial charge >= 0.3 is 5.97 Å². The summed E-state index contributed by atoms with van der Waals surface area (Å²) in [5.41, 5.74) is 8.65. The molecule has 2 rings (SSSR count). The van der Waals surface area contributed by atoms with Crippen LogP contribution in [0.15, 0.2) is 24.3 Å². The third-order valence-electron chi connectivity index (χ3n) is 3.37. The van der Waals surface area contributed by atoms with Gasteiger partial charge in [-0.25, -0.2) is 9.48 Å². The molecule has 21 heavy (non-hydrogen) atoms. The number of nitrogen functional groups attached to an aromatic ring is 1. The van der Waals surface area contributed by atoms with Crippen molar-refractivity contribution in [3.63, 3.8) is 0 Å². The first-order valence-corrected chi connectivity index (χ1v) is 6.62. The number of benzene rings is 1. The van der Waals surface area contributed by atoms with Crippen LogP contribution in [0.25, 0.3) is 0 Å². The van der Waals surface area contributed by atoms with Gasteiger partial charge < -0.3 is 15.4 Å². The molecule has 2 aromatic rings. The predicted octanol–water partition coefficient (Wildman–Crippen LogP) is 1.67. The minimum Gasteiger partial charge on any atom is -0.465 e. The zero-order valence-corrected chi connectivity index (χ0v) is 12.8. The fraction of sp³-hybridized carbons (Fsp3) is 0.333. The number of hydrogen-bond donors (Lipinski definition) is 1. The molecule has 1 aromatic heterocycles. The average Bonchev–Trinajstić information content (AvgIpc) is 2.78. The Labute approximate surface area is 124 Å². The Kier molecular flexibility index (Phi) is 4.16. The molecule has 0 fully saturated rings. The summed E-state index contributed by atoms with van der Waals surface area (Å²) in [6.07, 6.45) is 0. The number of anilines is 2. The topological polar surface area (TPSA) is 73.4 Å². The molecule has 6 heteroatoms. The summed E-state index contributed by atoms with van der Waals surface area (Å²) in [5.74, 6) is 0.342. The Bertz CT molecular complexity index is 662. The van der Waals surface area contributed by atoms with Crippen LogP contribution in [0.2, 0.25) is 0 Å². The number of aryl methyl sites for hydroxylation is 1. The molecule has 1 aromatic carbocycles. The number of methoxy groups -OCH3 is 1. The second-order valence-electron chi connectivity index (χ2n) is 5.05. The second kappa shape index (κ2) is 5.87. The highest BCUT2D eigenvalue weighted by molar-refractivity contribution is 5.99. The van der Waals surface area contributed by atoms with Crippen molar-refractivity contribution in [2.24, 2.45) is 0 Å². The van der Waals surface area contributed by atoms with Crippen LogP contribution in [0.4, 0.5) is 11.6 Å². The van der Waals surface area contributed by atoms with E-state index in [1.165, 1.54) is 7.11 Å². The first-order chi connectivity index (χ1) is 9.95. The molecule has 2 N–H and O–H groups in total. The van der Waals surface area contributed by atoms with E-state index < -0.39 is 5.97 Å². The van der Waals surface area contributed by atoms with Crippen LogP contribution in [0.3, 0.4) is 0 Å². The normalized spacial score (nSPS) is 10.5. The van der Waals surface area contributed by atoms with Crippen molar-refractivity contribution >= 4 is 17.6 Å². The molecule has 0 radical (unpaired) electrons. The Morgan fingerprint density at radius 3 is 2.62 bits per heavy atom. The fourth-order valence-electron chi connectivity index (χ4n) is 2.14. The highest BCUT2D eigenvalue weighted by Gasteiger charge is 2.24. The van der Waals surface area contributed by atoms with E-state index in [1.807, 2.05) is 45.3 Å². The molecule has 0 saturated heterocycles. The van der Waals surface area contributed by atoms with Crippen molar-refractivity contribution in [1.29, 1.82) is 0 Å². The van der Waals surface area contributed by atoms with Crippen LogP contribution in [0, 0.1) is 6.92 Å². The molecule has 0 spiro atoms. The van der Waals surface area contributed by atoms with Gasteiger partial charge in [0.2, 0.25) is 0 Å². The van der Waals surface area contributed by atoms with Gasteiger partial charge in [0.15, 0.2) is 5.82 Å². The number of hydrogen-bond acceptors (Lipinski definition) is 5. The highest BCUT2D eigenvalue weighted by Crippen LogP contribution is 2.25. The molecule has 0 amide bonds. The molecule has 112 valence electrons. The van der Waals surface area contributed by atoms with Crippen molar-refractivity contribution < 1.29 is 9.53 Å². The molecule has 0 unspecified atom stereocenters. The monoisotopic (exact) mass is 288 g/mol. The number of aromatic nitrogens is 2. The van der Waals surface area contributed by atoms with E-state index in [0.717, 1.165) is 11.1 Å². The second-order valence-corrected chi connectivity index (χ2v) is 5.05. The van der Waals surface area contributed by atoms with E-state index in [4.69, 9.17) is 10.5 Å². The summed E-state index contributed by atoms with van der Waals surface area (Å²) in [4.78, 5) is 13.7. The first kappa shape index (κ1) is 14.9.